The SMILES string of the molecule is C=NCc1cccnc1.C=Nc1ccc(-c2cccc(F)c2)cc1C(C)C.CN. The summed E-state index contributed by atoms with van der Waals surface area (Å²) in [6.45, 7) is 11.8. The second kappa shape index (κ2) is 13.1. The molecule has 1 aromatic heterocycles. The van der Waals surface area contributed by atoms with Crippen LogP contribution >= 0.6 is 0 Å². The molecule has 29 heavy (non-hydrogen) atoms. The molecule has 3 rings (SSSR count). The summed E-state index contributed by atoms with van der Waals surface area (Å²) in [4.78, 5) is 11.7. The Morgan fingerprint density at radius 1 is 1.00 bits per heavy atom. The van der Waals surface area contributed by atoms with E-state index in [4.69, 9.17) is 0 Å². The average molecular weight is 393 g/mol. The maximum Gasteiger partial charge on any atom is 0.123 e. The van der Waals surface area contributed by atoms with Gasteiger partial charge >= 0.3 is 0 Å². The molecule has 0 aliphatic heterocycles. The van der Waals surface area contributed by atoms with Crippen LogP contribution in [0.1, 0.15) is 30.9 Å². The fourth-order valence-electron chi connectivity index (χ4n) is 2.63. The van der Waals surface area contributed by atoms with Crippen LogP contribution in [0.4, 0.5) is 10.1 Å². The fourth-order valence-corrected chi connectivity index (χ4v) is 2.63. The predicted octanol–water partition coefficient (Wildman–Crippen LogP) is 5.81. The Balaban J connectivity index is 0.000000321. The number of aliphatic imine (C=N–C) groups is 2. The monoisotopic (exact) mass is 392 g/mol. The number of benzene rings is 2. The first-order valence-electron chi connectivity index (χ1n) is 9.31. The molecule has 0 spiro atoms. The van der Waals surface area contributed by atoms with Crippen molar-refractivity contribution >= 4 is 19.1 Å². The molecule has 0 saturated heterocycles. The topological polar surface area (TPSA) is 63.6 Å². The van der Waals surface area contributed by atoms with E-state index < -0.39 is 0 Å². The van der Waals surface area contributed by atoms with E-state index >= 15 is 0 Å². The summed E-state index contributed by atoms with van der Waals surface area (Å²) in [5, 5.41) is 0. The quantitative estimate of drug-likeness (QED) is 0.557. The molecule has 0 bridgehead atoms. The van der Waals surface area contributed by atoms with Crippen LogP contribution in [0.15, 0.2) is 77.0 Å². The zero-order valence-corrected chi connectivity index (χ0v) is 17.3. The number of aromatic nitrogens is 1. The number of nitrogens with zero attached hydrogens (tertiary/aromatic N) is 3. The summed E-state index contributed by atoms with van der Waals surface area (Å²) < 4.78 is 13.2. The summed E-state index contributed by atoms with van der Waals surface area (Å²) in [6, 6.07) is 16.4. The lowest BCUT2D eigenvalue weighted by molar-refractivity contribution is 0.628. The van der Waals surface area contributed by atoms with E-state index in [1.807, 2.05) is 30.3 Å². The molecule has 2 N–H and O–H groups in total. The van der Waals surface area contributed by atoms with Gasteiger partial charge in [-0.1, -0.05) is 38.1 Å². The minimum Gasteiger partial charge on any atom is -0.333 e. The predicted molar refractivity (Wildman–Crippen MR) is 123 cm³/mol. The highest BCUT2D eigenvalue weighted by Crippen LogP contribution is 2.31. The van der Waals surface area contributed by atoms with Gasteiger partial charge in [-0.3, -0.25) is 15.0 Å². The summed E-state index contributed by atoms with van der Waals surface area (Å²) in [5.41, 5.74) is 9.52. The Morgan fingerprint density at radius 3 is 2.28 bits per heavy atom. The van der Waals surface area contributed by atoms with Crippen molar-refractivity contribution in [2.24, 2.45) is 15.7 Å². The van der Waals surface area contributed by atoms with Crippen LogP contribution < -0.4 is 5.73 Å². The maximum atomic E-state index is 13.2. The lowest BCUT2D eigenvalue weighted by atomic mass is 9.96. The Morgan fingerprint density at radius 2 is 1.72 bits per heavy atom. The third kappa shape index (κ3) is 7.76. The molecule has 0 aliphatic rings. The normalized spacial score (nSPS) is 9.59. The van der Waals surface area contributed by atoms with Crippen LogP contribution in [0.2, 0.25) is 0 Å². The van der Waals surface area contributed by atoms with Crippen molar-refractivity contribution in [3.63, 3.8) is 0 Å². The summed E-state index contributed by atoms with van der Waals surface area (Å²) in [5.74, 6) is 0.142. The van der Waals surface area contributed by atoms with Crippen LogP contribution in [-0.4, -0.2) is 25.5 Å². The third-order valence-electron chi connectivity index (χ3n) is 4.00. The second-order valence-corrected chi connectivity index (χ2v) is 6.34. The van der Waals surface area contributed by atoms with Gasteiger partial charge in [0.15, 0.2) is 0 Å². The number of hydrogen-bond donors (Lipinski definition) is 1. The van der Waals surface area contributed by atoms with Crippen LogP contribution in [0.25, 0.3) is 11.1 Å². The van der Waals surface area contributed by atoms with Crippen LogP contribution in [0.3, 0.4) is 0 Å². The van der Waals surface area contributed by atoms with Crippen molar-refractivity contribution in [3.05, 3.63) is 83.9 Å². The largest absolute Gasteiger partial charge is 0.333 e. The van der Waals surface area contributed by atoms with E-state index in [0.717, 1.165) is 27.9 Å². The van der Waals surface area contributed by atoms with Crippen molar-refractivity contribution < 1.29 is 4.39 Å². The van der Waals surface area contributed by atoms with Gasteiger partial charge in [0.2, 0.25) is 0 Å². The second-order valence-electron chi connectivity index (χ2n) is 6.34. The first-order valence-corrected chi connectivity index (χ1v) is 9.31. The molecule has 0 unspecified atom stereocenters. The highest BCUT2D eigenvalue weighted by molar-refractivity contribution is 5.68. The molecule has 5 heteroatoms. The van der Waals surface area contributed by atoms with Gasteiger partial charge < -0.3 is 5.73 Å². The first-order chi connectivity index (χ1) is 14.0. The van der Waals surface area contributed by atoms with Gasteiger partial charge in [0, 0.05) is 12.4 Å². The van der Waals surface area contributed by atoms with E-state index in [-0.39, 0.29) is 5.82 Å². The van der Waals surface area contributed by atoms with E-state index in [2.05, 4.69) is 54.1 Å². The van der Waals surface area contributed by atoms with Gasteiger partial charge in [0.1, 0.15) is 5.82 Å². The lowest BCUT2D eigenvalue weighted by Crippen LogP contribution is -1.90. The lowest BCUT2D eigenvalue weighted by Gasteiger charge is -2.11. The van der Waals surface area contributed by atoms with Crippen molar-refractivity contribution in [3.8, 4) is 11.1 Å². The summed E-state index contributed by atoms with van der Waals surface area (Å²) in [6.07, 6.45) is 3.53. The van der Waals surface area contributed by atoms with Gasteiger partial charge in [-0.05, 0) is 79.0 Å². The Kier molecular flexibility index (Phi) is 10.8. The molecular weight excluding hydrogens is 363 g/mol. The standard InChI is InChI=1S/C16H16FN.C7H8N2.CH5N/c1-11(2)15-10-13(7-8-16(15)18-3)12-5-4-6-14(17)9-12;1-8-5-7-3-2-4-9-6-7;1-2/h4-11H,3H2,1-2H3;2-4,6H,1,5H2;2H2,1H3. The van der Waals surface area contributed by atoms with Crippen molar-refractivity contribution in [2.45, 2.75) is 26.3 Å². The van der Waals surface area contributed by atoms with Gasteiger partial charge in [0.25, 0.3) is 0 Å². The molecule has 0 amide bonds. The van der Waals surface area contributed by atoms with E-state index in [0.29, 0.717) is 12.5 Å². The summed E-state index contributed by atoms with van der Waals surface area (Å²) in [7, 11) is 1.50. The molecular formula is C24H29FN4. The number of halogens is 1. The maximum absolute atomic E-state index is 13.2. The van der Waals surface area contributed by atoms with Crippen molar-refractivity contribution in [1.82, 2.24) is 4.98 Å². The minimum atomic E-state index is -0.218. The third-order valence-corrected chi connectivity index (χ3v) is 4.00. The zero-order chi connectivity index (χ0) is 21.6. The molecule has 0 atom stereocenters. The Bertz CT molecular complexity index is 892. The highest BCUT2D eigenvalue weighted by atomic mass is 19.1. The number of hydrogen-bond acceptors (Lipinski definition) is 4. The fraction of sp³-hybridized carbons (Fsp3) is 0.208. The van der Waals surface area contributed by atoms with Crippen LogP contribution in [0, 0.1) is 5.82 Å². The minimum absolute atomic E-state index is 0.218. The molecule has 2 aromatic carbocycles. The van der Waals surface area contributed by atoms with Gasteiger partial charge in [0.05, 0.1) is 12.2 Å². The van der Waals surface area contributed by atoms with Crippen LogP contribution in [0.5, 0.6) is 0 Å². The van der Waals surface area contributed by atoms with Crippen molar-refractivity contribution in [2.75, 3.05) is 7.05 Å². The summed E-state index contributed by atoms with van der Waals surface area (Å²) >= 11 is 0. The first kappa shape index (κ1) is 23.9. The highest BCUT2D eigenvalue weighted by Gasteiger charge is 2.08. The number of rotatable bonds is 5. The zero-order valence-electron chi connectivity index (χ0n) is 17.3. The average Bonchev–Trinajstić information content (AvgIpc) is 2.76. The molecule has 0 saturated carbocycles. The molecule has 0 fully saturated rings. The van der Waals surface area contributed by atoms with E-state index in [1.54, 1.807) is 24.5 Å². The molecule has 0 aliphatic carbocycles. The van der Waals surface area contributed by atoms with Gasteiger partial charge in [-0.2, -0.15) is 0 Å². The molecule has 152 valence electrons. The molecule has 4 nitrogen and oxygen atoms in total. The Hall–Kier alpha value is -3.18. The smallest absolute Gasteiger partial charge is 0.123 e. The van der Waals surface area contributed by atoms with E-state index in [1.165, 1.54) is 13.1 Å². The number of nitrogens with two attached hydrogens (primary N) is 1. The van der Waals surface area contributed by atoms with E-state index in [9.17, 15) is 4.39 Å². The number of pyridine rings is 1. The molecule has 3 aromatic rings. The van der Waals surface area contributed by atoms with Gasteiger partial charge in [-0.25, -0.2) is 4.39 Å². The van der Waals surface area contributed by atoms with Crippen LogP contribution in [-0.2, 0) is 6.54 Å². The molecule has 1 heterocycles. The molecule has 0 radical (unpaired) electrons. The van der Waals surface area contributed by atoms with Crippen molar-refractivity contribution in [1.29, 1.82) is 0 Å². The van der Waals surface area contributed by atoms with Gasteiger partial charge in [-0.15, -0.1) is 0 Å². The Labute approximate surface area is 173 Å².